The molecule has 4 rings (SSSR count). The quantitative estimate of drug-likeness (QED) is 0.415. The molecule has 0 radical (unpaired) electrons. The Kier molecular flexibility index (Phi) is 4.88. The van der Waals surface area contributed by atoms with E-state index in [9.17, 15) is 0 Å². The van der Waals surface area contributed by atoms with E-state index in [-0.39, 0.29) is 5.28 Å². The van der Waals surface area contributed by atoms with Crippen LogP contribution < -0.4 is 5.32 Å². The summed E-state index contributed by atoms with van der Waals surface area (Å²) in [5.41, 5.74) is 6.22. The van der Waals surface area contributed by atoms with Crippen molar-refractivity contribution in [3.8, 4) is 21.8 Å². The van der Waals surface area contributed by atoms with Crippen LogP contribution in [0.4, 0.5) is 11.5 Å². The van der Waals surface area contributed by atoms with Gasteiger partial charge in [0.2, 0.25) is 5.28 Å². The largest absolute Gasteiger partial charge is 0.340 e. The molecule has 0 amide bonds. The molecular formula is C21H17ClN4S. The number of nitrogens with one attached hydrogen (secondary N) is 1. The molecule has 0 aliphatic heterocycles. The fourth-order valence-electron chi connectivity index (χ4n) is 2.81. The summed E-state index contributed by atoms with van der Waals surface area (Å²) in [6.45, 7) is 3.99. The first kappa shape index (κ1) is 17.6. The predicted octanol–water partition coefficient (Wildman–Crippen LogP) is 6.28. The normalized spacial score (nSPS) is 10.8. The van der Waals surface area contributed by atoms with E-state index in [4.69, 9.17) is 16.6 Å². The molecule has 2 aromatic heterocycles. The average Bonchev–Trinajstić information content (AvgIpc) is 3.12. The first-order valence-corrected chi connectivity index (χ1v) is 9.74. The lowest BCUT2D eigenvalue weighted by molar-refractivity contribution is 1.10. The van der Waals surface area contributed by atoms with E-state index in [1.165, 1.54) is 11.1 Å². The van der Waals surface area contributed by atoms with Crippen molar-refractivity contribution >= 4 is 34.4 Å². The van der Waals surface area contributed by atoms with E-state index in [1.807, 2.05) is 37.3 Å². The highest BCUT2D eigenvalue weighted by atomic mass is 35.5. The third kappa shape index (κ3) is 3.99. The third-order valence-corrected chi connectivity index (χ3v) is 5.20. The fourth-order valence-corrected chi connectivity index (χ4v) is 3.95. The van der Waals surface area contributed by atoms with Crippen molar-refractivity contribution in [2.24, 2.45) is 0 Å². The Morgan fingerprint density at radius 3 is 2.44 bits per heavy atom. The number of halogens is 1. The van der Waals surface area contributed by atoms with Crippen LogP contribution in [0.5, 0.6) is 0 Å². The zero-order valence-electron chi connectivity index (χ0n) is 14.9. The first-order valence-electron chi connectivity index (χ1n) is 8.49. The van der Waals surface area contributed by atoms with Crippen LogP contribution in [-0.4, -0.2) is 15.0 Å². The molecule has 0 saturated heterocycles. The minimum Gasteiger partial charge on any atom is -0.340 e. The van der Waals surface area contributed by atoms with Gasteiger partial charge < -0.3 is 5.32 Å². The van der Waals surface area contributed by atoms with E-state index < -0.39 is 0 Å². The molecule has 2 heterocycles. The Hall–Kier alpha value is -2.76. The topological polar surface area (TPSA) is 50.7 Å². The van der Waals surface area contributed by atoms with Gasteiger partial charge in [-0.1, -0.05) is 36.4 Å². The Labute approximate surface area is 166 Å². The number of benzene rings is 2. The standard InChI is InChI=1S/C21H17ClN4S/c1-13-5-3-4-6-17(13)20-25-18(12-27-20)15-7-9-16(10-8-15)24-19-11-14(2)23-21(22)26-19/h3-12H,1-2H3,(H,23,24,26). The lowest BCUT2D eigenvalue weighted by atomic mass is 10.1. The maximum Gasteiger partial charge on any atom is 0.224 e. The summed E-state index contributed by atoms with van der Waals surface area (Å²) in [6, 6.07) is 18.3. The van der Waals surface area contributed by atoms with Gasteiger partial charge in [-0.3, -0.25) is 0 Å². The van der Waals surface area contributed by atoms with E-state index in [0.717, 1.165) is 27.6 Å². The smallest absolute Gasteiger partial charge is 0.224 e. The van der Waals surface area contributed by atoms with Crippen LogP contribution >= 0.6 is 22.9 Å². The van der Waals surface area contributed by atoms with Crippen LogP contribution in [0, 0.1) is 13.8 Å². The second-order valence-electron chi connectivity index (χ2n) is 6.22. The van der Waals surface area contributed by atoms with Crippen molar-refractivity contribution in [3.05, 3.63) is 76.5 Å². The zero-order valence-corrected chi connectivity index (χ0v) is 16.5. The molecule has 2 aromatic carbocycles. The second kappa shape index (κ2) is 7.47. The minimum atomic E-state index is 0.236. The summed E-state index contributed by atoms with van der Waals surface area (Å²) in [5.74, 6) is 0.677. The van der Waals surface area contributed by atoms with Gasteiger partial charge in [-0.2, -0.15) is 0 Å². The number of hydrogen-bond acceptors (Lipinski definition) is 5. The highest BCUT2D eigenvalue weighted by Crippen LogP contribution is 2.31. The molecule has 27 heavy (non-hydrogen) atoms. The molecule has 0 saturated carbocycles. The molecule has 4 nitrogen and oxygen atoms in total. The molecule has 134 valence electrons. The minimum absolute atomic E-state index is 0.236. The molecule has 0 bridgehead atoms. The molecule has 0 fully saturated rings. The summed E-state index contributed by atoms with van der Waals surface area (Å²) >= 11 is 7.58. The van der Waals surface area contributed by atoms with Crippen molar-refractivity contribution in [2.45, 2.75) is 13.8 Å². The fraction of sp³-hybridized carbons (Fsp3) is 0.0952. The van der Waals surface area contributed by atoms with Gasteiger partial charge in [-0.15, -0.1) is 11.3 Å². The van der Waals surface area contributed by atoms with Gasteiger partial charge in [0.15, 0.2) is 0 Å². The van der Waals surface area contributed by atoms with E-state index in [2.05, 4.69) is 51.9 Å². The molecule has 0 atom stereocenters. The Bertz CT molecular complexity index is 1070. The van der Waals surface area contributed by atoms with Crippen LogP contribution in [0.25, 0.3) is 21.8 Å². The molecule has 6 heteroatoms. The maximum atomic E-state index is 5.92. The summed E-state index contributed by atoms with van der Waals surface area (Å²) in [5, 5.41) is 6.62. The van der Waals surface area contributed by atoms with Gasteiger partial charge in [0.05, 0.1) is 5.69 Å². The molecule has 0 aliphatic rings. The summed E-state index contributed by atoms with van der Waals surface area (Å²) in [7, 11) is 0. The van der Waals surface area contributed by atoms with Crippen molar-refractivity contribution in [1.82, 2.24) is 15.0 Å². The lowest BCUT2D eigenvalue weighted by Crippen LogP contribution is -1.96. The number of anilines is 2. The van der Waals surface area contributed by atoms with Gasteiger partial charge in [0.25, 0.3) is 0 Å². The molecule has 0 spiro atoms. The number of aromatic nitrogens is 3. The number of aryl methyl sites for hydroxylation is 2. The SMILES string of the molecule is Cc1cc(Nc2ccc(-c3csc(-c4ccccc4C)n3)cc2)nc(Cl)n1. The third-order valence-electron chi connectivity index (χ3n) is 4.16. The Morgan fingerprint density at radius 1 is 0.926 bits per heavy atom. The average molecular weight is 393 g/mol. The van der Waals surface area contributed by atoms with Gasteiger partial charge in [0.1, 0.15) is 10.8 Å². The highest BCUT2D eigenvalue weighted by molar-refractivity contribution is 7.13. The van der Waals surface area contributed by atoms with Crippen LogP contribution in [0.1, 0.15) is 11.3 Å². The van der Waals surface area contributed by atoms with Gasteiger partial charge in [-0.05, 0) is 43.1 Å². The van der Waals surface area contributed by atoms with Gasteiger partial charge in [-0.25, -0.2) is 15.0 Å². The van der Waals surface area contributed by atoms with Crippen molar-refractivity contribution in [3.63, 3.8) is 0 Å². The highest BCUT2D eigenvalue weighted by Gasteiger charge is 2.09. The van der Waals surface area contributed by atoms with Crippen LogP contribution in [0.15, 0.2) is 60.0 Å². The van der Waals surface area contributed by atoms with Crippen LogP contribution in [0.2, 0.25) is 5.28 Å². The Balaban J connectivity index is 1.55. The number of nitrogens with zero attached hydrogens (tertiary/aromatic N) is 3. The maximum absolute atomic E-state index is 5.92. The van der Waals surface area contributed by atoms with Crippen molar-refractivity contribution in [2.75, 3.05) is 5.32 Å². The summed E-state index contributed by atoms with van der Waals surface area (Å²) in [6.07, 6.45) is 0. The van der Waals surface area contributed by atoms with Crippen LogP contribution in [-0.2, 0) is 0 Å². The zero-order chi connectivity index (χ0) is 18.8. The molecule has 0 aliphatic carbocycles. The van der Waals surface area contributed by atoms with Crippen molar-refractivity contribution in [1.29, 1.82) is 0 Å². The molecule has 4 aromatic rings. The van der Waals surface area contributed by atoms with Gasteiger partial charge >= 0.3 is 0 Å². The molecular weight excluding hydrogens is 376 g/mol. The second-order valence-corrected chi connectivity index (χ2v) is 7.41. The number of rotatable bonds is 4. The predicted molar refractivity (Wildman–Crippen MR) is 113 cm³/mol. The van der Waals surface area contributed by atoms with E-state index in [1.54, 1.807) is 11.3 Å². The summed E-state index contributed by atoms with van der Waals surface area (Å²) in [4.78, 5) is 13.1. The molecule has 1 N–H and O–H groups in total. The number of thiazole rings is 1. The van der Waals surface area contributed by atoms with E-state index >= 15 is 0 Å². The van der Waals surface area contributed by atoms with Crippen LogP contribution in [0.3, 0.4) is 0 Å². The van der Waals surface area contributed by atoms with E-state index in [0.29, 0.717) is 5.82 Å². The first-order chi connectivity index (χ1) is 13.1. The van der Waals surface area contributed by atoms with Gasteiger partial charge in [0, 0.05) is 34.0 Å². The molecule has 0 unspecified atom stereocenters. The van der Waals surface area contributed by atoms with Crippen molar-refractivity contribution < 1.29 is 0 Å². The summed E-state index contributed by atoms with van der Waals surface area (Å²) < 4.78 is 0. The Morgan fingerprint density at radius 2 is 1.70 bits per heavy atom. The monoisotopic (exact) mass is 392 g/mol. The lowest BCUT2D eigenvalue weighted by Gasteiger charge is -2.07. The number of hydrogen-bond donors (Lipinski definition) is 1.